The first-order valence-corrected chi connectivity index (χ1v) is 6.91. The van der Waals surface area contributed by atoms with Crippen molar-refractivity contribution in [2.75, 3.05) is 5.32 Å². The third kappa shape index (κ3) is 2.96. The fourth-order valence-corrected chi connectivity index (χ4v) is 2.20. The summed E-state index contributed by atoms with van der Waals surface area (Å²) in [6.45, 7) is 1.94. The van der Waals surface area contributed by atoms with Crippen molar-refractivity contribution in [3.63, 3.8) is 0 Å². The van der Waals surface area contributed by atoms with Crippen molar-refractivity contribution < 1.29 is 8.78 Å². The smallest absolute Gasteiger partial charge is 0.182 e. The van der Waals surface area contributed by atoms with Crippen LogP contribution in [-0.2, 0) is 0 Å². The molecule has 0 unspecified atom stereocenters. The third-order valence-electron chi connectivity index (χ3n) is 2.80. The number of benzene rings is 2. The van der Waals surface area contributed by atoms with Gasteiger partial charge >= 0.3 is 0 Å². The van der Waals surface area contributed by atoms with Crippen molar-refractivity contribution in [1.82, 2.24) is 0 Å². The fourth-order valence-electron chi connectivity index (χ4n) is 1.66. The summed E-state index contributed by atoms with van der Waals surface area (Å²) in [5.41, 5.74) is 6.93. The van der Waals surface area contributed by atoms with Crippen LogP contribution in [0.5, 0.6) is 0 Å². The van der Waals surface area contributed by atoms with Gasteiger partial charge in [0.15, 0.2) is 11.6 Å². The molecule has 2 nitrogen and oxygen atoms in total. The highest BCUT2D eigenvalue weighted by atomic mass is 79.9. The Morgan fingerprint density at radius 3 is 2.50 bits per heavy atom. The number of thiocarbonyl (C=S) groups is 1. The average molecular weight is 357 g/mol. The minimum Gasteiger partial charge on any atom is -0.389 e. The van der Waals surface area contributed by atoms with E-state index in [9.17, 15) is 8.78 Å². The van der Waals surface area contributed by atoms with E-state index in [1.807, 2.05) is 13.0 Å². The van der Waals surface area contributed by atoms with Gasteiger partial charge in [0.1, 0.15) is 4.99 Å². The number of aryl methyl sites for hydroxylation is 1. The summed E-state index contributed by atoms with van der Waals surface area (Å²) in [7, 11) is 0. The highest BCUT2D eigenvalue weighted by molar-refractivity contribution is 9.10. The molecule has 0 radical (unpaired) electrons. The van der Waals surface area contributed by atoms with Gasteiger partial charge in [0, 0.05) is 15.7 Å². The molecule has 3 N–H and O–H groups in total. The molecule has 104 valence electrons. The monoisotopic (exact) mass is 356 g/mol. The van der Waals surface area contributed by atoms with Crippen LogP contribution in [0.2, 0.25) is 0 Å². The Morgan fingerprint density at radius 1 is 1.20 bits per heavy atom. The molecule has 2 aromatic rings. The summed E-state index contributed by atoms with van der Waals surface area (Å²) < 4.78 is 28.6. The number of nitrogens with two attached hydrogens (primary N) is 1. The van der Waals surface area contributed by atoms with Gasteiger partial charge in [-0.1, -0.05) is 34.2 Å². The van der Waals surface area contributed by atoms with E-state index in [0.29, 0.717) is 5.69 Å². The second-order valence-corrected chi connectivity index (χ2v) is 5.54. The average Bonchev–Trinajstić information content (AvgIpc) is 2.39. The Balaban J connectivity index is 2.37. The molecule has 0 aliphatic carbocycles. The molecule has 0 saturated carbocycles. The maximum Gasteiger partial charge on any atom is 0.182 e. The summed E-state index contributed by atoms with van der Waals surface area (Å²) in [4.78, 5) is -0.175. The quantitative estimate of drug-likeness (QED) is 0.799. The van der Waals surface area contributed by atoms with Gasteiger partial charge in [-0.25, -0.2) is 8.78 Å². The van der Waals surface area contributed by atoms with Crippen LogP contribution in [0.1, 0.15) is 11.1 Å². The molecule has 0 saturated heterocycles. The lowest BCUT2D eigenvalue weighted by molar-refractivity contribution is 0.510. The fraction of sp³-hybridized carbons (Fsp3) is 0.0714. The lowest BCUT2D eigenvalue weighted by Crippen LogP contribution is -2.13. The minimum atomic E-state index is -1.05. The molecule has 2 aromatic carbocycles. The SMILES string of the molecule is Cc1ccc(Nc2ccc(C(N)=S)c(F)c2F)cc1Br. The van der Waals surface area contributed by atoms with Gasteiger partial charge in [0.2, 0.25) is 0 Å². The summed E-state index contributed by atoms with van der Waals surface area (Å²) in [5.74, 6) is -2.05. The maximum absolute atomic E-state index is 13.9. The third-order valence-corrected chi connectivity index (χ3v) is 3.87. The molecular formula is C14H11BrF2N2S. The van der Waals surface area contributed by atoms with Gasteiger partial charge in [0.25, 0.3) is 0 Å². The highest BCUT2D eigenvalue weighted by Crippen LogP contribution is 2.27. The Morgan fingerprint density at radius 2 is 1.90 bits per heavy atom. The molecule has 0 aliphatic rings. The van der Waals surface area contributed by atoms with Crippen LogP contribution in [0.15, 0.2) is 34.8 Å². The number of nitrogens with one attached hydrogen (secondary N) is 1. The van der Waals surface area contributed by atoms with Crippen LogP contribution >= 0.6 is 28.1 Å². The molecule has 0 fully saturated rings. The van der Waals surface area contributed by atoms with Gasteiger partial charge in [0.05, 0.1) is 5.69 Å². The van der Waals surface area contributed by atoms with Crippen molar-refractivity contribution in [2.24, 2.45) is 5.73 Å². The molecule has 0 spiro atoms. The van der Waals surface area contributed by atoms with Crippen molar-refractivity contribution in [3.05, 3.63) is 57.6 Å². The summed E-state index contributed by atoms with van der Waals surface area (Å²) in [6, 6.07) is 8.18. The predicted molar refractivity (Wildman–Crippen MR) is 84.4 cm³/mol. The first kappa shape index (κ1) is 14.9. The number of halogens is 3. The van der Waals surface area contributed by atoms with Crippen LogP contribution in [-0.4, -0.2) is 4.99 Å². The van der Waals surface area contributed by atoms with Gasteiger partial charge in [-0.2, -0.15) is 0 Å². The molecule has 0 aliphatic heterocycles. The number of rotatable bonds is 3. The molecule has 0 aromatic heterocycles. The van der Waals surface area contributed by atoms with Crippen LogP contribution < -0.4 is 11.1 Å². The summed E-state index contributed by atoms with van der Waals surface area (Å²) in [6.07, 6.45) is 0. The molecule has 0 heterocycles. The number of anilines is 2. The second-order valence-electron chi connectivity index (χ2n) is 4.24. The molecule has 0 bridgehead atoms. The van der Waals surface area contributed by atoms with Gasteiger partial charge in [-0.3, -0.25) is 0 Å². The first-order chi connectivity index (χ1) is 9.40. The van der Waals surface area contributed by atoms with Gasteiger partial charge in [-0.05, 0) is 36.8 Å². The zero-order valence-corrected chi connectivity index (χ0v) is 12.9. The van der Waals surface area contributed by atoms with Crippen molar-refractivity contribution >= 4 is 44.5 Å². The van der Waals surface area contributed by atoms with E-state index >= 15 is 0 Å². The number of hydrogen-bond acceptors (Lipinski definition) is 2. The van der Waals surface area contributed by atoms with Gasteiger partial charge < -0.3 is 11.1 Å². The zero-order chi connectivity index (χ0) is 14.9. The largest absolute Gasteiger partial charge is 0.389 e. The maximum atomic E-state index is 13.9. The first-order valence-electron chi connectivity index (χ1n) is 5.71. The molecule has 0 amide bonds. The lowest BCUT2D eigenvalue weighted by Gasteiger charge is -2.11. The van der Waals surface area contributed by atoms with E-state index < -0.39 is 11.6 Å². The Hall–Kier alpha value is -1.53. The zero-order valence-electron chi connectivity index (χ0n) is 10.5. The molecular weight excluding hydrogens is 346 g/mol. The van der Waals surface area contributed by atoms with E-state index in [-0.39, 0.29) is 16.2 Å². The minimum absolute atomic E-state index is 0.0262. The predicted octanol–water partition coefficient (Wildman–Crippen LogP) is 4.41. The Bertz CT molecular complexity index is 689. The van der Waals surface area contributed by atoms with E-state index in [0.717, 1.165) is 10.0 Å². The number of hydrogen-bond donors (Lipinski definition) is 2. The lowest BCUT2D eigenvalue weighted by atomic mass is 10.1. The summed E-state index contributed by atoms with van der Waals surface area (Å²) >= 11 is 8.04. The standard InChI is InChI=1S/C14H11BrF2N2S/c1-7-2-3-8(6-10(7)15)19-11-5-4-9(14(18)20)12(16)13(11)17/h2-6,19H,1H3,(H2,18,20). The Labute approximate surface area is 129 Å². The molecule has 0 atom stereocenters. The topological polar surface area (TPSA) is 38.0 Å². The molecule has 2 rings (SSSR count). The molecule has 6 heteroatoms. The van der Waals surface area contributed by atoms with E-state index in [2.05, 4.69) is 33.5 Å². The van der Waals surface area contributed by atoms with Crippen LogP contribution in [0.25, 0.3) is 0 Å². The normalized spacial score (nSPS) is 10.4. The summed E-state index contributed by atoms with van der Waals surface area (Å²) in [5, 5.41) is 2.82. The van der Waals surface area contributed by atoms with Crippen molar-refractivity contribution in [3.8, 4) is 0 Å². The van der Waals surface area contributed by atoms with E-state index in [1.54, 1.807) is 12.1 Å². The second kappa shape index (κ2) is 5.85. The van der Waals surface area contributed by atoms with Crippen molar-refractivity contribution in [2.45, 2.75) is 6.92 Å². The van der Waals surface area contributed by atoms with Gasteiger partial charge in [-0.15, -0.1) is 0 Å². The van der Waals surface area contributed by atoms with Crippen LogP contribution in [0.3, 0.4) is 0 Å². The van der Waals surface area contributed by atoms with Crippen molar-refractivity contribution in [1.29, 1.82) is 0 Å². The highest BCUT2D eigenvalue weighted by Gasteiger charge is 2.15. The van der Waals surface area contributed by atoms with Crippen LogP contribution in [0.4, 0.5) is 20.2 Å². The molecule has 20 heavy (non-hydrogen) atoms. The van der Waals surface area contributed by atoms with E-state index in [4.69, 9.17) is 5.73 Å². The Kier molecular flexibility index (Phi) is 4.35. The van der Waals surface area contributed by atoms with Crippen LogP contribution in [0, 0.1) is 18.6 Å². The van der Waals surface area contributed by atoms with E-state index in [1.165, 1.54) is 12.1 Å².